The van der Waals surface area contributed by atoms with E-state index in [1.807, 2.05) is 60.7 Å². The van der Waals surface area contributed by atoms with Crippen molar-refractivity contribution in [3.63, 3.8) is 0 Å². The van der Waals surface area contributed by atoms with Crippen LogP contribution in [-0.4, -0.2) is 22.6 Å². The number of benzene rings is 3. The highest BCUT2D eigenvalue weighted by molar-refractivity contribution is 8.01. The lowest BCUT2D eigenvalue weighted by atomic mass is 10.0. The molecule has 0 atom stereocenters. The van der Waals surface area contributed by atoms with Crippen molar-refractivity contribution in [1.82, 2.24) is 4.98 Å². The van der Waals surface area contributed by atoms with Gasteiger partial charge in [-0.3, -0.25) is 9.59 Å². The second-order valence-electron chi connectivity index (χ2n) is 7.56. The molecule has 0 aliphatic heterocycles. The van der Waals surface area contributed by atoms with Crippen LogP contribution in [0.25, 0.3) is 10.2 Å². The fourth-order valence-electron chi connectivity index (χ4n) is 3.26. The van der Waals surface area contributed by atoms with Crippen LogP contribution in [0.3, 0.4) is 0 Å². The smallest absolute Gasteiger partial charge is 0.255 e. The SMILES string of the molecule is CC(C)c1ccccc1NC(=O)CSc1nc2ccc(NC(=O)c3ccccc3)cc2s1. The first kappa shape index (κ1) is 22.0. The third-order valence-electron chi connectivity index (χ3n) is 4.85. The molecule has 162 valence electrons. The molecule has 1 aromatic heterocycles. The van der Waals surface area contributed by atoms with Crippen LogP contribution >= 0.6 is 23.1 Å². The van der Waals surface area contributed by atoms with Crippen LogP contribution in [-0.2, 0) is 4.79 Å². The predicted octanol–water partition coefficient (Wildman–Crippen LogP) is 6.40. The Kier molecular flexibility index (Phi) is 6.87. The standard InChI is InChI=1S/C25H23N3O2S2/c1-16(2)19-10-6-7-11-20(19)27-23(29)15-31-25-28-21-13-12-18(14-22(21)32-25)26-24(30)17-8-4-3-5-9-17/h3-14,16H,15H2,1-2H3,(H,26,30)(H,27,29). The molecule has 2 N–H and O–H groups in total. The van der Waals surface area contributed by atoms with E-state index in [0.29, 0.717) is 11.5 Å². The molecule has 0 bridgehead atoms. The van der Waals surface area contributed by atoms with Crippen molar-refractivity contribution in [3.8, 4) is 0 Å². The number of thioether (sulfide) groups is 1. The van der Waals surface area contributed by atoms with Gasteiger partial charge in [0.1, 0.15) is 0 Å². The van der Waals surface area contributed by atoms with Gasteiger partial charge in [-0.25, -0.2) is 4.98 Å². The van der Waals surface area contributed by atoms with Crippen molar-refractivity contribution in [3.05, 3.63) is 83.9 Å². The van der Waals surface area contributed by atoms with E-state index in [1.165, 1.54) is 23.1 Å². The Bertz CT molecular complexity index is 1250. The summed E-state index contributed by atoms with van der Waals surface area (Å²) in [7, 11) is 0. The van der Waals surface area contributed by atoms with Crippen molar-refractivity contribution in [2.75, 3.05) is 16.4 Å². The largest absolute Gasteiger partial charge is 0.325 e. The molecular weight excluding hydrogens is 438 g/mol. The number of aromatic nitrogens is 1. The Labute approximate surface area is 195 Å². The average Bonchev–Trinajstić information content (AvgIpc) is 3.21. The minimum Gasteiger partial charge on any atom is -0.325 e. The summed E-state index contributed by atoms with van der Waals surface area (Å²) in [5.41, 5.74) is 4.15. The van der Waals surface area contributed by atoms with Crippen LogP contribution in [0, 0.1) is 0 Å². The van der Waals surface area contributed by atoms with Crippen molar-refractivity contribution < 1.29 is 9.59 Å². The number of hydrogen-bond donors (Lipinski definition) is 2. The molecule has 0 saturated heterocycles. The first-order valence-electron chi connectivity index (χ1n) is 10.3. The normalized spacial score (nSPS) is 11.0. The minimum absolute atomic E-state index is 0.0573. The molecule has 0 unspecified atom stereocenters. The van der Waals surface area contributed by atoms with Gasteiger partial charge in [0, 0.05) is 16.9 Å². The molecule has 0 fully saturated rings. The molecule has 7 heteroatoms. The number of carbonyl (C=O) groups is 2. The summed E-state index contributed by atoms with van der Waals surface area (Å²) in [6, 6.07) is 22.6. The Morgan fingerprint density at radius 2 is 1.72 bits per heavy atom. The predicted molar refractivity (Wildman–Crippen MR) is 134 cm³/mol. The molecule has 0 saturated carbocycles. The number of fused-ring (bicyclic) bond motifs is 1. The van der Waals surface area contributed by atoms with Crippen molar-refractivity contribution >= 4 is 56.5 Å². The van der Waals surface area contributed by atoms with E-state index in [1.54, 1.807) is 12.1 Å². The summed E-state index contributed by atoms with van der Waals surface area (Å²) in [5.74, 6) is 0.407. The number of anilines is 2. The maximum atomic E-state index is 12.5. The maximum Gasteiger partial charge on any atom is 0.255 e. The van der Waals surface area contributed by atoms with Crippen LogP contribution < -0.4 is 10.6 Å². The summed E-state index contributed by atoms with van der Waals surface area (Å²) >= 11 is 2.92. The van der Waals surface area contributed by atoms with E-state index in [0.717, 1.165) is 31.5 Å². The lowest BCUT2D eigenvalue weighted by Crippen LogP contribution is -2.15. The van der Waals surface area contributed by atoms with Gasteiger partial charge in [0.25, 0.3) is 5.91 Å². The van der Waals surface area contributed by atoms with Gasteiger partial charge in [0.15, 0.2) is 4.34 Å². The molecule has 0 aliphatic rings. The number of thiazole rings is 1. The second-order valence-corrected chi connectivity index (χ2v) is 9.81. The Morgan fingerprint density at radius 3 is 2.50 bits per heavy atom. The molecule has 0 radical (unpaired) electrons. The quantitative estimate of drug-likeness (QED) is 0.312. The van der Waals surface area contributed by atoms with E-state index >= 15 is 0 Å². The topological polar surface area (TPSA) is 71.1 Å². The number of rotatable bonds is 7. The number of amides is 2. The number of para-hydroxylation sites is 1. The fourth-order valence-corrected chi connectivity index (χ4v) is 5.17. The highest BCUT2D eigenvalue weighted by Crippen LogP contribution is 2.32. The number of nitrogens with one attached hydrogen (secondary N) is 2. The van der Waals surface area contributed by atoms with Gasteiger partial charge in [-0.1, -0.05) is 62.0 Å². The average molecular weight is 462 g/mol. The molecule has 0 spiro atoms. The van der Waals surface area contributed by atoms with Crippen LogP contribution in [0.1, 0.15) is 35.7 Å². The Morgan fingerprint density at radius 1 is 0.969 bits per heavy atom. The van der Waals surface area contributed by atoms with Gasteiger partial charge < -0.3 is 10.6 Å². The van der Waals surface area contributed by atoms with Gasteiger partial charge in [0.2, 0.25) is 5.91 Å². The van der Waals surface area contributed by atoms with Crippen molar-refractivity contribution in [2.24, 2.45) is 0 Å². The molecule has 2 amide bonds. The lowest BCUT2D eigenvalue weighted by molar-refractivity contribution is -0.113. The van der Waals surface area contributed by atoms with Gasteiger partial charge in [-0.15, -0.1) is 11.3 Å². The van der Waals surface area contributed by atoms with E-state index in [4.69, 9.17) is 0 Å². The summed E-state index contributed by atoms with van der Waals surface area (Å²) < 4.78 is 1.78. The highest BCUT2D eigenvalue weighted by atomic mass is 32.2. The van der Waals surface area contributed by atoms with Crippen LogP contribution in [0.5, 0.6) is 0 Å². The summed E-state index contributed by atoms with van der Waals surface area (Å²) in [6.45, 7) is 4.22. The monoisotopic (exact) mass is 461 g/mol. The molecule has 4 aromatic rings. The van der Waals surface area contributed by atoms with E-state index in [9.17, 15) is 9.59 Å². The van der Waals surface area contributed by atoms with E-state index in [2.05, 4.69) is 29.5 Å². The number of nitrogens with zero attached hydrogens (tertiary/aromatic N) is 1. The molecule has 1 heterocycles. The Balaban J connectivity index is 1.39. The highest BCUT2D eigenvalue weighted by Gasteiger charge is 2.12. The third kappa shape index (κ3) is 5.36. The summed E-state index contributed by atoms with van der Waals surface area (Å²) in [5, 5.41) is 5.93. The number of carbonyl (C=O) groups excluding carboxylic acids is 2. The van der Waals surface area contributed by atoms with E-state index < -0.39 is 0 Å². The first-order valence-corrected chi connectivity index (χ1v) is 12.1. The first-order chi connectivity index (χ1) is 15.5. The zero-order chi connectivity index (χ0) is 22.5. The molecule has 0 aliphatic carbocycles. The van der Waals surface area contributed by atoms with Crippen LogP contribution in [0.4, 0.5) is 11.4 Å². The van der Waals surface area contributed by atoms with Crippen LogP contribution in [0.15, 0.2) is 77.1 Å². The molecule has 4 rings (SSSR count). The molecule has 3 aromatic carbocycles. The number of hydrogen-bond acceptors (Lipinski definition) is 5. The Hall–Kier alpha value is -3.16. The van der Waals surface area contributed by atoms with Crippen molar-refractivity contribution in [2.45, 2.75) is 24.1 Å². The fraction of sp³-hybridized carbons (Fsp3) is 0.160. The van der Waals surface area contributed by atoms with Gasteiger partial charge in [-0.2, -0.15) is 0 Å². The van der Waals surface area contributed by atoms with Crippen LogP contribution in [0.2, 0.25) is 0 Å². The van der Waals surface area contributed by atoms with E-state index in [-0.39, 0.29) is 17.6 Å². The zero-order valence-electron chi connectivity index (χ0n) is 17.8. The van der Waals surface area contributed by atoms with Gasteiger partial charge in [-0.05, 0) is 47.9 Å². The third-order valence-corrected chi connectivity index (χ3v) is 7.01. The van der Waals surface area contributed by atoms with Crippen molar-refractivity contribution in [1.29, 1.82) is 0 Å². The maximum absolute atomic E-state index is 12.5. The molecule has 32 heavy (non-hydrogen) atoms. The van der Waals surface area contributed by atoms with Gasteiger partial charge >= 0.3 is 0 Å². The summed E-state index contributed by atoms with van der Waals surface area (Å²) in [4.78, 5) is 29.5. The second kappa shape index (κ2) is 9.97. The summed E-state index contributed by atoms with van der Waals surface area (Å²) in [6.07, 6.45) is 0. The lowest BCUT2D eigenvalue weighted by Gasteiger charge is -2.13. The molecular formula is C25H23N3O2S2. The molecule has 5 nitrogen and oxygen atoms in total. The van der Waals surface area contributed by atoms with Gasteiger partial charge in [0.05, 0.1) is 16.0 Å². The zero-order valence-corrected chi connectivity index (χ0v) is 19.4. The minimum atomic E-state index is -0.151.